The zero-order chi connectivity index (χ0) is 20.8. The molecule has 0 fully saturated rings. The number of nitrogen functional groups attached to an aromatic ring is 1. The number of hydrogen-bond acceptors (Lipinski definition) is 5. The van der Waals surface area contributed by atoms with Crippen molar-refractivity contribution in [2.24, 2.45) is 5.10 Å². The summed E-state index contributed by atoms with van der Waals surface area (Å²) in [6, 6.07) is 15.7. The number of benzene rings is 3. The van der Waals surface area contributed by atoms with Crippen LogP contribution in [0.15, 0.2) is 59.7 Å². The van der Waals surface area contributed by atoms with Gasteiger partial charge in [-0.3, -0.25) is 9.59 Å². The minimum Gasteiger partial charge on any atom is -0.506 e. The summed E-state index contributed by atoms with van der Waals surface area (Å²) in [4.78, 5) is 24.2. The number of nitrogens with zero attached hydrogens (tertiary/aromatic N) is 1. The number of aromatic hydroxyl groups is 1. The van der Waals surface area contributed by atoms with E-state index in [9.17, 15) is 14.7 Å². The first kappa shape index (κ1) is 19.9. The van der Waals surface area contributed by atoms with E-state index < -0.39 is 5.91 Å². The summed E-state index contributed by atoms with van der Waals surface area (Å²) >= 11 is 0. The number of nitrogens with one attached hydrogen (secondary N) is 2. The highest BCUT2D eigenvalue weighted by molar-refractivity contribution is 6.03. The Hall–Kier alpha value is -3.87. The molecule has 3 rings (SSSR count). The molecule has 0 spiro atoms. The Morgan fingerprint density at radius 3 is 2.59 bits per heavy atom. The van der Waals surface area contributed by atoms with E-state index in [0.717, 1.165) is 21.9 Å². The number of fused-ring (bicyclic) bond motifs is 1. The van der Waals surface area contributed by atoms with Crippen molar-refractivity contribution < 1.29 is 14.7 Å². The van der Waals surface area contributed by atoms with Gasteiger partial charge in [0.2, 0.25) is 5.91 Å². The second-order valence-corrected chi connectivity index (χ2v) is 6.46. The van der Waals surface area contributed by atoms with Crippen LogP contribution in [0.25, 0.3) is 10.8 Å². The summed E-state index contributed by atoms with van der Waals surface area (Å²) < 4.78 is 0. The molecule has 0 radical (unpaired) electrons. The number of carbonyl (C=O) groups is 2. The lowest BCUT2D eigenvalue weighted by molar-refractivity contribution is -0.120. The summed E-state index contributed by atoms with van der Waals surface area (Å²) in [5, 5.41) is 18.2. The Morgan fingerprint density at radius 1 is 1.10 bits per heavy atom. The van der Waals surface area contributed by atoms with Crippen molar-refractivity contribution in [3.05, 3.63) is 71.3 Å². The van der Waals surface area contributed by atoms with Gasteiger partial charge in [-0.05, 0) is 41.5 Å². The van der Waals surface area contributed by atoms with Gasteiger partial charge >= 0.3 is 0 Å². The number of likely N-dealkylation sites (N-methyl/N-ethyl adjacent to an activating group) is 1. The Balaban J connectivity index is 1.80. The third-order valence-corrected chi connectivity index (χ3v) is 4.43. The fourth-order valence-corrected chi connectivity index (χ4v) is 3.00. The Bertz CT molecular complexity index is 1090. The van der Waals surface area contributed by atoms with Gasteiger partial charge in [0.15, 0.2) is 0 Å². The number of amides is 2. The molecule has 0 aliphatic carbocycles. The highest BCUT2D eigenvalue weighted by Crippen LogP contribution is 2.23. The van der Waals surface area contributed by atoms with Crippen molar-refractivity contribution in [1.82, 2.24) is 10.7 Å². The first-order valence-electron chi connectivity index (χ1n) is 9.18. The fourth-order valence-electron chi connectivity index (χ4n) is 3.00. The maximum absolute atomic E-state index is 12.2. The number of rotatable bonds is 6. The zero-order valence-electron chi connectivity index (χ0n) is 16.0. The summed E-state index contributed by atoms with van der Waals surface area (Å²) in [7, 11) is 0. The molecule has 0 aromatic heterocycles. The predicted molar refractivity (Wildman–Crippen MR) is 114 cm³/mol. The van der Waals surface area contributed by atoms with Crippen molar-refractivity contribution in [2.45, 2.75) is 13.3 Å². The van der Waals surface area contributed by atoms with Crippen molar-refractivity contribution >= 4 is 34.5 Å². The highest BCUT2D eigenvalue weighted by Gasteiger charge is 2.09. The van der Waals surface area contributed by atoms with Crippen LogP contribution < -0.4 is 16.5 Å². The lowest BCUT2D eigenvalue weighted by atomic mass is 9.98. The van der Waals surface area contributed by atoms with Gasteiger partial charge in [0.25, 0.3) is 5.91 Å². The molecule has 0 bridgehead atoms. The van der Waals surface area contributed by atoms with Gasteiger partial charge in [0.05, 0.1) is 18.3 Å². The molecule has 2 amide bonds. The Labute approximate surface area is 168 Å². The third kappa shape index (κ3) is 4.70. The quantitative estimate of drug-likeness (QED) is 0.224. The van der Waals surface area contributed by atoms with Gasteiger partial charge in [0, 0.05) is 17.7 Å². The van der Waals surface area contributed by atoms with Crippen molar-refractivity contribution in [3.8, 4) is 5.75 Å². The van der Waals surface area contributed by atoms with Gasteiger partial charge in [-0.2, -0.15) is 5.10 Å². The van der Waals surface area contributed by atoms with Crippen LogP contribution in [0, 0.1) is 0 Å². The highest BCUT2D eigenvalue weighted by atomic mass is 16.3. The maximum atomic E-state index is 12.2. The molecule has 0 saturated heterocycles. The lowest BCUT2D eigenvalue weighted by Gasteiger charge is -2.09. The van der Waals surface area contributed by atoms with Crippen LogP contribution >= 0.6 is 0 Å². The van der Waals surface area contributed by atoms with Crippen LogP contribution in [-0.4, -0.2) is 29.7 Å². The molecule has 7 heteroatoms. The van der Waals surface area contributed by atoms with Crippen molar-refractivity contribution in [2.75, 3.05) is 12.3 Å². The van der Waals surface area contributed by atoms with Crippen LogP contribution in [-0.2, 0) is 11.2 Å². The van der Waals surface area contributed by atoms with Gasteiger partial charge < -0.3 is 16.2 Å². The predicted octanol–water partition coefficient (Wildman–Crippen LogP) is 2.57. The van der Waals surface area contributed by atoms with Crippen LogP contribution in [0.4, 0.5) is 5.69 Å². The molecule has 0 atom stereocenters. The van der Waals surface area contributed by atoms with E-state index in [4.69, 9.17) is 5.73 Å². The topological polar surface area (TPSA) is 117 Å². The van der Waals surface area contributed by atoms with Crippen molar-refractivity contribution in [3.63, 3.8) is 0 Å². The second-order valence-electron chi connectivity index (χ2n) is 6.46. The van der Waals surface area contributed by atoms with E-state index in [1.165, 1.54) is 18.2 Å². The van der Waals surface area contributed by atoms with Gasteiger partial charge in [-0.1, -0.05) is 36.4 Å². The van der Waals surface area contributed by atoms with E-state index >= 15 is 0 Å². The molecule has 3 aromatic rings. The van der Waals surface area contributed by atoms with E-state index in [1.54, 1.807) is 6.21 Å². The largest absolute Gasteiger partial charge is 0.506 e. The Morgan fingerprint density at radius 2 is 1.86 bits per heavy atom. The van der Waals surface area contributed by atoms with Crippen LogP contribution in [0.2, 0.25) is 0 Å². The summed E-state index contributed by atoms with van der Waals surface area (Å²) in [6.45, 7) is 2.48. The standard InChI is InChI=1S/C22H22N4O3/c1-2-24-21(28)12-14-7-8-16(18-6-4-3-5-17(14)18)13-25-26-22(29)15-9-10-20(27)19(23)11-15/h3-11,13,27H,2,12,23H2,1H3,(H,24,28)(H,26,29)/b25-13+. The molecule has 0 aliphatic heterocycles. The average molecular weight is 390 g/mol. The third-order valence-electron chi connectivity index (χ3n) is 4.43. The number of carbonyl (C=O) groups excluding carboxylic acids is 2. The molecule has 0 heterocycles. The summed E-state index contributed by atoms with van der Waals surface area (Å²) in [6.07, 6.45) is 1.85. The van der Waals surface area contributed by atoms with E-state index in [1.807, 2.05) is 43.3 Å². The SMILES string of the molecule is CCNC(=O)Cc1ccc(/C=N/NC(=O)c2ccc(O)c(N)c2)c2ccccc12. The van der Waals surface area contributed by atoms with Gasteiger partial charge in [0.1, 0.15) is 5.75 Å². The molecule has 0 saturated carbocycles. The molecule has 3 aromatic carbocycles. The van der Waals surface area contributed by atoms with Crippen LogP contribution in [0.1, 0.15) is 28.4 Å². The van der Waals surface area contributed by atoms with E-state index in [0.29, 0.717) is 18.5 Å². The van der Waals surface area contributed by atoms with E-state index in [2.05, 4.69) is 15.8 Å². The molecule has 148 valence electrons. The number of anilines is 1. The van der Waals surface area contributed by atoms with Crippen molar-refractivity contribution in [1.29, 1.82) is 0 Å². The number of nitrogens with two attached hydrogens (primary N) is 1. The van der Waals surface area contributed by atoms with Crippen LogP contribution in [0.3, 0.4) is 0 Å². The number of phenolic OH excluding ortho intramolecular Hbond substituents is 1. The molecule has 5 N–H and O–H groups in total. The normalized spacial score (nSPS) is 10.9. The molecule has 7 nitrogen and oxygen atoms in total. The molecule has 0 unspecified atom stereocenters. The van der Waals surface area contributed by atoms with Gasteiger partial charge in [-0.15, -0.1) is 0 Å². The monoisotopic (exact) mass is 390 g/mol. The lowest BCUT2D eigenvalue weighted by Crippen LogP contribution is -2.24. The number of hydrogen-bond donors (Lipinski definition) is 4. The van der Waals surface area contributed by atoms with Crippen LogP contribution in [0.5, 0.6) is 5.75 Å². The van der Waals surface area contributed by atoms with E-state index in [-0.39, 0.29) is 17.3 Å². The minimum atomic E-state index is -0.440. The number of hydrazone groups is 1. The molecule has 29 heavy (non-hydrogen) atoms. The second kappa shape index (κ2) is 8.88. The maximum Gasteiger partial charge on any atom is 0.271 e. The minimum absolute atomic E-state index is 0.0282. The fraction of sp³-hybridized carbons (Fsp3) is 0.136. The zero-order valence-corrected chi connectivity index (χ0v) is 16.0. The average Bonchev–Trinajstić information content (AvgIpc) is 2.71. The molecule has 0 aliphatic rings. The first-order chi connectivity index (χ1) is 14.0. The summed E-state index contributed by atoms with van der Waals surface area (Å²) in [5.74, 6) is -0.547. The first-order valence-corrected chi connectivity index (χ1v) is 9.18. The van der Waals surface area contributed by atoms with Gasteiger partial charge in [-0.25, -0.2) is 5.43 Å². The number of phenols is 1. The Kier molecular flexibility index (Phi) is 6.09. The smallest absolute Gasteiger partial charge is 0.271 e. The molecular weight excluding hydrogens is 368 g/mol. The summed E-state index contributed by atoms with van der Waals surface area (Å²) in [5.41, 5.74) is 10.2. The molecular formula is C22H22N4O3.